The Labute approximate surface area is 167 Å². The Morgan fingerprint density at radius 1 is 1.07 bits per heavy atom. The zero-order valence-corrected chi connectivity index (χ0v) is 16.8. The highest BCUT2D eigenvalue weighted by Gasteiger charge is 2.15. The number of nitrogens with zero attached hydrogens (tertiary/aromatic N) is 1. The van der Waals surface area contributed by atoms with Crippen molar-refractivity contribution in [3.63, 3.8) is 0 Å². The molecule has 28 heavy (non-hydrogen) atoms. The lowest BCUT2D eigenvalue weighted by Crippen LogP contribution is -2.13. The minimum Gasteiger partial charge on any atom is -0.496 e. The van der Waals surface area contributed by atoms with E-state index in [9.17, 15) is 4.79 Å². The second-order valence-electron chi connectivity index (χ2n) is 6.69. The second kappa shape index (κ2) is 7.44. The number of aryl methyl sites for hydroxylation is 2. The number of carbonyl (C=O) groups excluding carboxylic acids is 1. The molecular weight excluding hydrogens is 368 g/mol. The summed E-state index contributed by atoms with van der Waals surface area (Å²) in [6.07, 6.45) is 0. The van der Waals surface area contributed by atoms with E-state index in [-0.39, 0.29) is 5.91 Å². The summed E-state index contributed by atoms with van der Waals surface area (Å²) in [5, 5.41) is 5.88. The molecule has 4 nitrogen and oxygen atoms in total. The van der Waals surface area contributed by atoms with Gasteiger partial charge >= 0.3 is 0 Å². The Balaban J connectivity index is 1.78. The average Bonchev–Trinajstić information content (AvgIpc) is 3.22. The number of aromatic nitrogens is 1. The number of rotatable bonds is 4. The number of nitrogens with one attached hydrogen (secondary N) is 1. The molecule has 2 aromatic heterocycles. The van der Waals surface area contributed by atoms with Gasteiger partial charge in [-0.05, 0) is 67.3 Å². The van der Waals surface area contributed by atoms with Gasteiger partial charge in [0.1, 0.15) is 5.75 Å². The van der Waals surface area contributed by atoms with Crippen molar-refractivity contribution in [2.24, 2.45) is 0 Å². The Kier molecular flexibility index (Phi) is 4.84. The highest BCUT2D eigenvalue weighted by Crippen LogP contribution is 2.29. The number of thiophene rings is 1. The summed E-state index contributed by atoms with van der Waals surface area (Å²) in [7, 11) is 1.64. The summed E-state index contributed by atoms with van der Waals surface area (Å²) in [5.74, 6) is 0.642. The van der Waals surface area contributed by atoms with Gasteiger partial charge in [0.25, 0.3) is 5.91 Å². The molecule has 0 fully saturated rings. The molecule has 0 aliphatic carbocycles. The molecule has 0 aliphatic heterocycles. The molecule has 4 aromatic rings. The van der Waals surface area contributed by atoms with Crippen molar-refractivity contribution in [2.75, 3.05) is 12.4 Å². The van der Waals surface area contributed by atoms with Gasteiger partial charge in [-0.2, -0.15) is 0 Å². The molecule has 0 aliphatic rings. The van der Waals surface area contributed by atoms with Gasteiger partial charge in [0.2, 0.25) is 0 Å². The van der Waals surface area contributed by atoms with Crippen LogP contribution in [0.2, 0.25) is 0 Å². The predicted molar refractivity (Wildman–Crippen MR) is 115 cm³/mol. The number of pyridine rings is 1. The Bertz CT molecular complexity index is 1170. The van der Waals surface area contributed by atoms with Crippen molar-refractivity contribution in [1.29, 1.82) is 0 Å². The number of amides is 1. The Hall–Kier alpha value is -3.18. The highest BCUT2D eigenvalue weighted by atomic mass is 32.1. The molecule has 0 bridgehead atoms. The first-order valence-electron chi connectivity index (χ1n) is 8.96. The highest BCUT2D eigenvalue weighted by molar-refractivity contribution is 7.13. The van der Waals surface area contributed by atoms with Crippen molar-refractivity contribution in [3.8, 4) is 16.3 Å². The van der Waals surface area contributed by atoms with E-state index in [2.05, 4.69) is 5.32 Å². The monoisotopic (exact) mass is 388 g/mol. The van der Waals surface area contributed by atoms with Crippen molar-refractivity contribution >= 4 is 33.8 Å². The molecule has 0 unspecified atom stereocenters. The molecule has 4 rings (SSSR count). The summed E-state index contributed by atoms with van der Waals surface area (Å²) in [6, 6.07) is 17.5. The van der Waals surface area contributed by atoms with Gasteiger partial charge in [-0.3, -0.25) is 4.79 Å². The van der Waals surface area contributed by atoms with E-state index < -0.39 is 0 Å². The molecule has 0 radical (unpaired) electrons. The molecule has 2 aromatic carbocycles. The number of ether oxygens (including phenoxy) is 1. The van der Waals surface area contributed by atoms with Crippen LogP contribution in [0.15, 0.2) is 60.0 Å². The van der Waals surface area contributed by atoms with Gasteiger partial charge in [-0.15, -0.1) is 11.3 Å². The summed E-state index contributed by atoms with van der Waals surface area (Å²) in [4.78, 5) is 19.0. The maximum Gasteiger partial charge on any atom is 0.256 e. The van der Waals surface area contributed by atoms with Crippen molar-refractivity contribution in [3.05, 3.63) is 76.7 Å². The standard InChI is InChI=1S/C23H20N2O2S/c1-14-6-8-19-17(11-14)18(13-20(25-19)22-5-4-10-28-22)23(26)24-16-7-9-21(27-3)15(2)12-16/h4-13H,1-3H3,(H,24,26). The van der Waals surface area contributed by atoms with Gasteiger partial charge in [0.05, 0.1) is 28.8 Å². The molecule has 1 amide bonds. The van der Waals surface area contributed by atoms with Crippen LogP contribution in [0.3, 0.4) is 0 Å². The first-order valence-corrected chi connectivity index (χ1v) is 9.84. The number of carbonyl (C=O) groups is 1. The van der Waals surface area contributed by atoms with Crippen LogP contribution in [0.25, 0.3) is 21.5 Å². The van der Waals surface area contributed by atoms with Crippen LogP contribution in [-0.2, 0) is 0 Å². The molecule has 0 saturated heterocycles. The summed E-state index contributed by atoms with van der Waals surface area (Å²) in [6.45, 7) is 3.97. The first kappa shape index (κ1) is 18.2. The quantitative estimate of drug-likeness (QED) is 0.478. The number of fused-ring (bicyclic) bond motifs is 1. The molecule has 2 heterocycles. The number of benzene rings is 2. The normalized spacial score (nSPS) is 10.8. The van der Waals surface area contributed by atoms with Crippen LogP contribution < -0.4 is 10.1 Å². The third-order valence-corrected chi connectivity index (χ3v) is 5.53. The molecule has 140 valence electrons. The SMILES string of the molecule is COc1ccc(NC(=O)c2cc(-c3cccs3)nc3ccc(C)cc23)cc1C. The van der Waals surface area contributed by atoms with Gasteiger partial charge in [0, 0.05) is 11.1 Å². The zero-order valence-electron chi connectivity index (χ0n) is 15.9. The van der Waals surface area contributed by atoms with E-state index in [1.807, 2.05) is 73.8 Å². The van der Waals surface area contributed by atoms with Gasteiger partial charge in [0.15, 0.2) is 0 Å². The first-order chi connectivity index (χ1) is 13.5. The second-order valence-corrected chi connectivity index (χ2v) is 7.64. The zero-order chi connectivity index (χ0) is 19.7. The molecule has 0 spiro atoms. The van der Waals surface area contributed by atoms with Crippen LogP contribution in [0.5, 0.6) is 5.75 Å². The van der Waals surface area contributed by atoms with E-state index in [1.54, 1.807) is 18.4 Å². The number of anilines is 1. The lowest BCUT2D eigenvalue weighted by molar-refractivity contribution is 0.102. The molecule has 5 heteroatoms. The molecule has 1 N–H and O–H groups in total. The van der Waals surface area contributed by atoms with E-state index in [0.29, 0.717) is 5.56 Å². The minimum absolute atomic E-state index is 0.152. The smallest absolute Gasteiger partial charge is 0.256 e. The van der Waals surface area contributed by atoms with Crippen molar-refractivity contribution in [1.82, 2.24) is 4.98 Å². The van der Waals surface area contributed by atoms with Crippen molar-refractivity contribution < 1.29 is 9.53 Å². The van der Waals surface area contributed by atoms with E-state index in [1.165, 1.54) is 0 Å². The van der Waals surface area contributed by atoms with Crippen molar-refractivity contribution in [2.45, 2.75) is 13.8 Å². The van der Waals surface area contributed by atoms with E-state index in [0.717, 1.165) is 44.0 Å². The third kappa shape index (κ3) is 3.49. The fraction of sp³-hybridized carbons (Fsp3) is 0.130. The maximum atomic E-state index is 13.2. The minimum atomic E-state index is -0.152. The molecule has 0 saturated carbocycles. The number of methoxy groups -OCH3 is 1. The maximum absolute atomic E-state index is 13.2. The number of hydrogen-bond donors (Lipinski definition) is 1. The summed E-state index contributed by atoms with van der Waals surface area (Å²) >= 11 is 1.61. The molecular formula is C23H20N2O2S. The molecule has 0 atom stereocenters. The van der Waals surface area contributed by atoms with Crippen LogP contribution in [0.1, 0.15) is 21.5 Å². The largest absolute Gasteiger partial charge is 0.496 e. The topological polar surface area (TPSA) is 51.2 Å². The Morgan fingerprint density at radius 2 is 1.93 bits per heavy atom. The van der Waals surface area contributed by atoms with E-state index >= 15 is 0 Å². The lowest BCUT2D eigenvalue weighted by Gasteiger charge is -2.12. The average molecular weight is 388 g/mol. The van der Waals surface area contributed by atoms with Gasteiger partial charge in [-0.1, -0.05) is 17.7 Å². The van der Waals surface area contributed by atoms with Gasteiger partial charge in [-0.25, -0.2) is 4.98 Å². The van der Waals surface area contributed by atoms with Crippen LogP contribution >= 0.6 is 11.3 Å². The van der Waals surface area contributed by atoms with Gasteiger partial charge < -0.3 is 10.1 Å². The van der Waals surface area contributed by atoms with Crippen LogP contribution in [0.4, 0.5) is 5.69 Å². The predicted octanol–water partition coefficient (Wildman–Crippen LogP) is 5.84. The Morgan fingerprint density at radius 3 is 2.64 bits per heavy atom. The van der Waals surface area contributed by atoms with Crippen LogP contribution in [-0.4, -0.2) is 18.0 Å². The fourth-order valence-electron chi connectivity index (χ4n) is 3.23. The summed E-state index contributed by atoms with van der Waals surface area (Å²) in [5.41, 5.74) is 5.03. The van der Waals surface area contributed by atoms with E-state index in [4.69, 9.17) is 9.72 Å². The fourth-order valence-corrected chi connectivity index (χ4v) is 3.92. The third-order valence-electron chi connectivity index (χ3n) is 4.64. The van der Waals surface area contributed by atoms with Crippen LogP contribution in [0, 0.1) is 13.8 Å². The number of hydrogen-bond acceptors (Lipinski definition) is 4. The lowest BCUT2D eigenvalue weighted by atomic mass is 10.0. The summed E-state index contributed by atoms with van der Waals surface area (Å²) < 4.78 is 5.30.